The van der Waals surface area contributed by atoms with E-state index >= 15 is 0 Å². The molecule has 0 radical (unpaired) electrons. The maximum atomic E-state index is 12.9. The molecule has 0 bridgehead atoms. The zero-order chi connectivity index (χ0) is 58.5. The maximum absolute atomic E-state index is 12.9. The van der Waals surface area contributed by atoms with E-state index in [2.05, 4.69) is 99.8 Å². The lowest BCUT2D eigenvalue weighted by Gasteiger charge is -2.18. The molecular formula is C75H132O6. The summed E-state index contributed by atoms with van der Waals surface area (Å²) in [5, 5.41) is 0. The van der Waals surface area contributed by atoms with E-state index < -0.39 is 6.10 Å². The Morgan fingerprint density at radius 3 is 0.840 bits per heavy atom. The zero-order valence-electron chi connectivity index (χ0n) is 53.8. The van der Waals surface area contributed by atoms with Crippen molar-refractivity contribution in [1.29, 1.82) is 0 Å². The topological polar surface area (TPSA) is 78.9 Å². The van der Waals surface area contributed by atoms with Gasteiger partial charge in [0.15, 0.2) is 6.10 Å². The molecule has 0 aromatic carbocycles. The lowest BCUT2D eigenvalue weighted by atomic mass is 10.0. The highest BCUT2D eigenvalue weighted by molar-refractivity contribution is 5.71. The van der Waals surface area contributed by atoms with Crippen molar-refractivity contribution in [3.8, 4) is 0 Å². The van der Waals surface area contributed by atoms with Crippen molar-refractivity contribution in [1.82, 2.24) is 0 Å². The monoisotopic (exact) mass is 1130 g/mol. The van der Waals surface area contributed by atoms with Gasteiger partial charge in [0.1, 0.15) is 13.2 Å². The molecular weight excluding hydrogens is 997 g/mol. The molecule has 1 unspecified atom stereocenters. The first-order chi connectivity index (χ1) is 40.0. The van der Waals surface area contributed by atoms with Gasteiger partial charge in [-0.25, -0.2) is 0 Å². The van der Waals surface area contributed by atoms with E-state index in [0.29, 0.717) is 19.3 Å². The number of rotatable bonds is 64. The van der Waals surface area contributed by atoms with Crippen LogP contribution >= 0.6 is 0 Å². The number of carbonyl (C=O) groups is 3. The molecule has 0 aliphatic heterocycles. The first-order valence-electron chi connectivity index (χ1n) is 35.1. The highest BCUT2D eigenvalue weighted by atomic mass is 16.6. The number of hydrogen-bond acceptors (Lipinski definition) is 6. The molecule has 0 spiro atoms. The van der Waals surface area contributed by atoms with Gasteiger partial charge in [0.2, 0.25) is 0 Å². The van der Waals surface area contributed by atoms with E-state index in [4.69, 9.17) is 14.2 Å². The normalized spacial score (nSPS) is 12.6. The largest absolute Gasteiger partial charge is 0.462 e. The van der Waals surface area contributed by atoms with Gasteiger partial charge in [-0.05, 0) is 103 Å². The van der Waals surface area contributed by atoms with E-state index in [0.717, 1.165) is 70.6 Å². The number of ether oxygens (including phenoxy) is 3. The van der Waals surface area contributed by atoms with Gasteiger partial charge in [-0.3, -0.25) is 14.4 Å². The maximum Gasteiger partial charge on any atom is 0.306 e. The molecule has 468 valence electrons. The predicted octanol–water partition coefficient (Wildman–Crippen LogP) is 24.2. The summed E-state index contributed by atoms with van der Waals surface area (Å²) < 4.78 is 16.9. The molecule has 0 saturated carbocycles. The molecule has 6 nitrogen and oxygen atoms in total. The number of esters is 3. The van der Waals surface area contributed by atoms with Crippen LogP contribution in [0.15, 0.2) is 85.1 Å². The average Bonchev–Trinajstić information content (AvgIpc) is 3.46. The summed E-state index contributed by atoms with van der Waals surface area (Å²) in [4.78, 5) is 38.4. The fourth-order valence-electron chi connectivity index (χ4n) is 10.1. The van der Waals surface area contributed by atoms with Crippen molar-refractivity contribution in [2.75, 3.05) is 13.2 Å². The summed E-state index contributed by atoms with van der Waals surface area (Å²) in [6.45, 7) is 6.49. The summed E-state index contributed by atoms with van der Waals surface area (Å²) in [6.07, 6.45) is 92.1. The molecule has 6 heteroatoms. The molecule has 81 heavy (non-hydrogen) atoms. The second kappa shape index (κ2) is 69.1. The Hall–Kier alpha value is -3.41. The Labute approximate surface area is 503 Å². The van der Waals surface area contributed by atoms with Gasteiger partial charge >= 0.3 is 17.9 Å². The predicted molar refractivity (Wildman–Crippen MR) is 353 cm³/mol. The second-order valence-corrected chi connectivity index (χ2v) is 23.4. The SMILES string of the molecule is CC/C=C\C/C=C\C/C=C\C/C=C\CCC(=O)OCC(COC(=O)CCCCCCCCCCCCCCCCC/C=C\CCCCCCCCCC)OC(=O)CCCCCCCCCCCCC/C=C\C/C=C\CCCCCCC. The number of unbranched alkanes of at least 4 members (excludes halogenated alkanes) is 39. The van der Waals surface area contributed by atoms with Crippen LogP contribution in [0.1, 0.15) is 355 Å². The van der Waals surface area contributed by atoms with Crippen LogP contribution in [0.25, 0.3) is 0 Å². The van der Waals surface area contributed by atoms with Crippen LogP contribution < -0.4 is 0 Å². The smallest absolute Gasteiger partial charge is 0.306 e. The fraction of sp³-hybridized carbons (Fsp3) is 0.773. The summed E-state index contributed by atoms with van der Waals surface area (Å²) in [6, 6.07) is 0. The van der Waals surface area contributed by atoms with E-state index in [1.807, 2.05) is 6.08 Å². The number of allylic oxidation sites excluding steroid dienone is 14. The van der Waals surface area contributed by atoms with Gasteiger partial charge in [0.25, 0.3) is 0 Å². The first-order valence-corrected chi connectivity index (χ1v) is 35.1. The van der Waals surface area contributed by atoms with Crippen LogP contribution in [0.5, 0.6) is 0 Å². The van der Waals surface area contributed by atoms with Crippen molar-refractivity contribution >= 4 is 17.9 Å². The van der Waals surface area contributed by atoms with Crippen molar-refractivity contribution in [3.05, 3.63) is 85.1 Å². The van der Waals surface area contributed by atoms with E-state index in [1.165, 1.54) is 238 Å². The highest BCUT2D eigenvalue weighted by Crippen LogP contribution is 2.17. The Balaban J connectivity index is 4.28. The molecule has 1 atom stereocenters. The molecule has 0 aromatic heterocycles. The Bertz CT molecular complexity index is 1530. The van der Waals surface area contributed by atoms with Crippen LogP contribution in [0, 0.1) is 0 Å². The molecule has 0 aliphatic rings. The molecule has 0 N–H and O–H groups in total. The third kappa shape index (κ3) is 67.3. The highest BCUT2D eigenvalue weighted by Gasteiger charge is 2.19. The van der Waals surface area contributed by atoms with Gasteiger partial charge < -0.3 is 14.2 Å². The second-order valence-electron chi connectivity index (χ2n) is 23.4. The van der Waals surface area contributed by atoms with E-state index in [-0.39, 0.29) is 37.5 Å². The van der Waals surface area contributed by atoms with Gasteiger partial charge in [0.05, 0.1) is 0 Å². The van der Waals surface area contributed by atoms with Gasteiger partial charge in [-0.1, -0.05) is 318 Å². The van der Waals surface area contributed by atoms with E-state index in [1.54, 1.807) is 0 Å². The van der Waals surface area contributed by atoms with Crippen molar-refractivity contribution in [2.45, 2.75) is 361 Å². The molecule has 0 aliphatic carbocycles. The quantitative estimate of drug-likeness (QED) is 0.0261. The van der Waals surface area contributed by atoms with Crippen molar-refractivity contribution in [2.24, 2.45) is 0 Å². The van der Waals surface area contributed by atoms with Crippen LogP contribution in [-0.2, 0) is 28.6 Å². The minimum Gasteiger partial charge on any atom is -0.462 e. The van der Waals surface area contributed by atoms with Gasteiger partial charge in [-0.15, -0.1) is 0 Å². The molecule has 0 fully saturated rings. The molecule has 0 aromatic rings. The van der Waals surface area contributed by atoms with Crippen LogP contribution in [0.3, 0.4) is 0 Å². The third-order valence-electron chi connectivity index (χ3n) is 15.4. The Morgan fingerprint density at radius 1 is 0.259 bits per heavy atom. The summed E-state index contributed by atoms with van der Waals surface area (Å²) in [5.74, 6) is -0.968. The number of carbonyl (C=O) groups excluding carboxylic acids is 3. The van der Waals surface area contributed by atoms with Crippen LogP contribution in [0.4, 0.5) is 0 Å². The molecule has 0 rings (SSSR count). The average molecular weight is 1130 g/mol. The summed E-state index contributed by atoms with van der Waals surface area (Å²) in [5.41, 5.74) is 0. The van der Waals surface area contributed by atoms with E-state index in [9.17, 15) is 14.4 Å². The van der Waals surface area contributed by atoms with Crippen molar-refractivity contribution < 1.29 is 28.6 Å². The minimum absolute atomic E-state index is 0.0969. The molecule has 0 saturated heterocycles. The van der Waals surface area contributed by atoms with Crippen molar-refractivity contribution in [3.63, 3.8) is 0 Å². The third-order valence-corrected chi connectivity index (χ3v) is 15.4. The Morgan fingerprint density at radius 2 is 0.506 bits per heavy atom. The minimum atomic E-state index is -0.808. The molecule has 0 amide bonds. The van der Waals surface area contributed by atoms with Gasteiger partial charge in [-0.2, -0.15) is 0 Å². The lowest BCUT2D eigenvalue weighted by Crippen LogP contribution is -2.30. The molecule has 0 heterocycles. The number of hydrogen-bond donors (Lipinski definition) is 0. The summed E-state index contributed by atoms with van der Waals surface area (Å²) >= 11 is 0. The zero-order valence-corrected chi connectivity index (χ0v) is 53.8. The first kappa shape index (κ1) is 77.6. The Kier molecular flexibility index (Phi) is 66.2. The summed E-state index contributed by atoms with van der Waals surface area (Å²) in [7, 11) is 0. The van der Waals surface area contributed by atoms with Gasteiger partial charge in [0, 0.05) is 19.3 Å². The van der Waals surface area contributed by atoms with Crippen LogP contribution in [-0.4, -0.2) is 37.2 Å². The lowest BCUT2D eigenvalue weighted by molar-refractivity contribution is -0.166. The fourth-order valence-corrected chi connectivity index (χ4v) is 10.1. The van der Waals surface area contributed by atoms with Crippen LogP contribution in [0.2, 0.25) is 0 Å². The standard InChI is InChI=1S/C75H132O6/c1-4-7-10-13-16-19-22-25-27-29-31-33-35-36-37-38-40-41-43-45-47-50-53-56-59-62-65-68-74(77)80-71-72(70-79-73(76)67-64-61-58-55-52-49-24-21-18-15-12-9-6-3)81-75(78)69-66-63-60-57-54-51-48-46-44-42-39-34-32-30-28-26-23-20-17-14-11-8-5-2/h9,12,18,21,23,26,29-32,49,52,58,61,72H,4-8,10-11,13-17,19-20,22,24-25,27-28,33-48,50-51,53-57,59-60,62-71H2,1-3H3/b12-9-,21-18-,26-23-,31-29-,32-30-,52-49-,61-58-.